The fourth-order valence-corrected chi connectivity index (χ4v) is 2.74. The van der Waals surface area contributed by atoms with E-state index < -0.39 is 0 Å². The Morgan fingerprint density at radius 1 is 0.929 bits per heavy atom. The van der Waals surface area contributed by atoms with E-state index in [1.807, 2.05) is 56.6 Å². The molecule has 2 aromatic carbocycles. The molecule has 0 amide bonds. The van der Waals surface area contributed by atoms with Crippen LogP contribution in [-0.4, -0.2) is 49.2 Å². The normalized spacial score (nSPS) is 10.7. The van der Waals surface area contributed by atoms with E-state index in [4.69, 9.17) is 4.74 Å². The first-order valence-electron chi connectivity index (χ1n) is 9.34. The third-order valence-corrected chi connectivity index (χ3v) is 4.25. The lowest BCUT2D eigenvalue weighted by Crippen LogP contribution is -2.21. The topological polar surface area (TPSA) is 62.3 Å². The summed E-state index contributed by atoms with van der Waals surface area (Å²) in [7, 11) is 5.77. The number of nitrogens with one attached hydrogen (secondary N) is 2. The van der Waals surface area contributed by atoms with Crippen molar-refractivity contribution in [2.24, 2.45) is 0 Å². The molecule has 28 heavy (non-hydrogen) atoms. The predicted molar refractivity (Wildman–Crippen MR) is 115 cm³/mol. The quantitative estimate of drug-likeness (QED) is 0.592. The van der Waals surface area contributed by atoms with E-state index in [1.165, 1.54) is 0 Å². The van der Waals surface area contributed by atoms with E-state index in [2.05, 4.69) is 43.7 Å². The fraction of sp³-hybridized carbons (Fsp3) is 0.273. The van der Waals surface area contributed by atoms with Crippen LogP contribution in [0.5, 0.6) is 5.75 Å². The SMILES string of the molecule is COc1cccc(CNc2cc(-c3ccccc3)nc(NCCN(C)C)n2)c1. The summed E-state index contributed by atoms with van der Waals surface area (Å²) in [6.45, 7) is 2.34. The van der Waals surface area contributed by atoms with Gasteiger partial charge in [-0.3, -0.25) is 0 Å². The van der Waals surface area contributed by atoms with Crippen LogP contribution >= 0.6 is 0 Å². The summed E-state index contributed by atoms with van der Waals surface area (Å²) in [5.41, 5.74) is 3.07. The zero-order valence-corrected chi connectivity index (χ0v) is 16.6. The molecule has 146 valence electrons. The minimum absolute atomic E-state index is 0.622. The summed E-state index contributed by atoms with van der Waals surface area (Å²) >= 11 is 0. The van der Waals surface area contributed by atoms with Gasteiger partial charge in [-0.2, -0.15) is 4.98 Å². The molecule has 1 heterocycles. The summed E-state index contributed by atoms with van der Waals surface area (Å²) in [5.74, 6) is 2.25. The Bertz CT molecular complexity index is 883. The van der Waals surface area contributed by atoms with Gasteiger partial charge in [0.2, 0.25) is 5.95 Å². The number of hydrogen-bond donors (Lipinski definition) is 2. The van der Waals surface area contributed by atoms with E-state index in [0.29, 0.717) is 12.5 Å². The molecular weight excluding hydrogens is 350 g/mol. The molecular formula is C22H27N5O. The van der Waals surface area contributed by atoms with Crippen LogP contribution in [-0.2, 0) is 6.54 Å². The first-order chi connectivity index (χ1) is 13.6. The van der Waals surface area contributed by atoms with Crippen LogP contribution in [0.4, 0.5) is 11.8 Å². The Hall–Kier alpha value is -3.12. The number of likely N-dealkylation sites (N-methyl/N-ethyl adjacent to an activating group) is 1. The van der Waals surface area contributed by atoms with Crippen LogP contribution in [0.1, 0.15) is 5.56 Å². The molecule has 0 spiro atoms. The van der Waals surface area contributed by atoms with E-state index in [-0.39, 0.29) is 0 Å². The van der Waals surface area contributed by atoms with Crippen molar-refractivity contribution in [3.63, 3.8) is 0 Å². The molecule has 0 atom stereocenters. The second kappa shape index (κ2) is 9.71. The standard InChI is InChI=1S/C22H27N5O/c1-27(2)13-12-23-22-25-20(18-9-5-4-6-10-18)15-21(26-22)24-16-17-8-7-11-19(14-17)28-3/h4-11,14-15H,12-13,16H2,1-3H3,(H2,23,24,25,26). The fourth-order valence-electron chi connectivity index (χ4n) is 2.74. The van der Waals surface area contributed by atoms with Gasteiger partial charge in [-0.15, -0.1) is 0 Å². The Labute approximate surface area is 166 Å². The van der Waals surface area contributed by atoms with Crippen LogP contribution in [0.25, 0.3) is 11.3 Å². The van der Waals surface area contributed by atoms with Crippen molar-refractivity contribution in [1.82, 2.24) is 14.9 Å². The maximum atomic E-state index is 5.30. The smallest absolute Gasteiger partial charge is 0.225 e. The van der Waals surface area contributed by atoms with E-state index in [0.717, 1.165) is 41.5 Å². The molecule has 0 aliphatic carbocycles. The molecule has 0 saturated carbocycles. The minimum atomic E-state index is 0.622. The largest absolute Gasteiger partial charge is 0.497 e. The first-order valence-corrected chi connectivity index (χ1v) is 9.34. The Morgan fingerprint density at radius 3 is 2.50 bits per heavy atom. The van der Waals surface area contributed by atoms with Gasteiger partial charge in [-0.1, -0.05) is 42.5 Å². The number of nitrogens with zero attached hydrogens (tertiary/aromatic N) is 3. The van der Waals surface area contributed by atoms with Gasteiger partial charge in [-0.25, -0.2) is 4.98 Å². The molecule has 0 fully saturated rings. The second-order valence-electron chi connectivity index (χ2n) is 6.76. The highest BCUT2D eigenvalue weighted by Gasteiger charge is 2.07. The Balaban J connectivity index is 1.79. The van der Waals surface area contributed by atoms with Crippen molar-refractivity contribution in [3.05, 3.63) is 66.2 Å². The van der Waals surface area contributed by atoms with Gasteiger partial charge in [0.05, 0.1) is 12.8 Å². The first kappa shape index (κ1) is 19.6. The molecule has 6 nitrogen and oxygen atoms in total. The van der Waals surface area contributed by atoms with Crippen LogP contribution in [0, 0.1) is 0 Å². The minimum Gasteiger partial charge on any atom is -0.497 e. The van der Waals surface area contributed by atoms with Gasteiger partial charge in [0.15, 0.2) is 0 Å². The lowest BCUT2D eigenvalue weighted by Gasteiger charge is -2.13. The van der Waals surface area contributed by atoms with Crippen molar-refractivity contribution >= 4 is 11.8 Å². The molecule has 2 N–H and O–H groups in total. The van der Waals surface area contributed by atoms with E-state index in [1.54, 1.807) is 7.11 Å². The average Bonchev–Trinajstić information content (AvgIpc) is 2.73. The molecule has 0 radical (unpaired) electrons. The predicted octanol–water partition coefficient (Wildman–Crippen LogP) is 3.74. The second-order valence-corrected chi connectivity index (χ2v) is 6.76. The number of ether oxygens (including phenoxy) is 1. The zero-order valence-electron chi connectivity index (χ0n) is 16.6. The zero-order chi connectivity index (χ0) is 19.8. The third kappa shape index (κ3) is 5.69. The number of hydrogen-bond acceptors (Lipinski definition) is 6. The van der Waals surface area contributed by atoms with E-state index >= 15 is 0 Å². The van der Waals surface area contributed by atoms with Gasteiger partial charge in [0.25, 0.3) is 0 Å². The molecule has 3 rings (SSSR count). The summed E-state index contributed by atoms with van der Waals surface area (Å²) in [4.78, 5) is 11.4. The highest BCUT2D eigenvalue weighted by molar-refractivity contribution is 5.64. The average molecular weight is 377 g/mol. The molecule has 0 aliphatic rings. The van der Waals surface area contributed by atoms with E-state index in [9.17, 15) is 0 Å². The highest BCUT2D eigenvalue weighted by Crippen LogP contribution is 2.22. The van der Waals surface area contributed by atoms with Gasteiger partial charge in [0, 0.05) is 31.3 Å². The maximum absolute atomic E-state index is 5.30. The van der Waals surface area contributed by atoms with Crippen molar-refractivity contribution in [2.75, 3.05) is 44.9 Å². The van der Waals surface area contributed by atoms with Crippen LogP contribution in [0.2, 0.25) is 0 Å². The van der Waals surface area contributed by atoms with Gasteiger partial charge >= 0.3 is 0 Å². The highest BCUT2D eigenvalue weighted by atomic mass is 16.5. The molecule has 0 aliphatic heterocycles. The molecule has 0 bridgehead atoms. The number of benzene rings is 2. The van der Waals surface area contributed by atoms with Crippen molar-refractivity contribution in [1.29, 1.82) is 0 Å². The lowest BCUT2D eigenvalue weighted by molar-refractivity contribution is 0.414. The Kier molecular flexibility index (Phi) is 6.81. The Morgan fingerprint density at radius 2 is 1.75 bits per heavy atom. The molecule has 0 unspecified atom stereocenters. The molecule has 3 aromatic rings. The summed E-state index contributed by atoms with van der Waals surface area (Å²) in [6, 6.07) is 20.1. The number of aromatic nitrogens is 2. The van der Waals surface area contributed by atoms with Crippen LogP contribution in [0.15, 0.2) is 60.7 Å². The third-order valence-electron chi connectivity index (χ3n) is 4.25. The lowest BCUT2D eigenvalue weighted by atomic mass is 10.1. The van der Waals surface area contributed by atoms with Gasteiger partial charge < -0.3 is 20.3 Å². The van der Waals surface area contributed by atoms with Crippen LogP contribution < -0.4 is 15.4 Å². The number of methoxy groups -OCH3 is 1. The number of rotatable bonds is 9. The van der Waals surface area contributed by atoms with Crippen molar-refractivity contribution < 1.29 is 4.74 Å². The number of anilines is 2. The summed E-state index contributed by atoms with van der Waals surface area (Å²) in [6.07, 6.45) is 0. The van der Waals surface area contributed by atoms with Crippen molar-refractivity contribution in [2.45, 2.75) is 6.54 Å². The maximum Gasteiger partial charge on any atom is 0.225 e. The molecule has 1 aromatic heterocycles. The van der Waals surface area contributed by atoms with Gasteiger partial charge in [0.1, 0.15) is 11.6 Å². The van der Waals surface area contributed by atoms with Crippen LogP contribution in [0.3, 0.4) is 0 Å². The van der Waals surface area contributed by atoms with Gasteiger partial charge in [-0.05, 0) is 31.8 Å². The molecule has 6 heteroatoms. The molecule has 0 saturated heterocycles. The van der Waals surface area contributed by atoms with Crippen molar-refractivity contribution in [3.8, 4) is 17.0 Å². The summed E-state index contributed by atoms with van der Waals surface area (Å²) in [5, 5.41) is 6.72. The summed E-state index contributed by atoms with van der Waals surface area (Å²) < 4.78 is 5.30. The monoisotopic (exact) mass is 377 g/mol.